The van der Waals surface area contributed by atoms with Crippen LogP contribution in [0.5, 0.6) is 0 Å². The molecule has 2 amide bonds. The number of nitrogens with zero attached hydrogens (tertiary/aromatic N) is 2. The van der Waals surface area contributed by atoms with Crippen molar-refractivity contribution in [2.75, 3.05) is 26.2 Å². The van der Waals surface area contributed by atoms with Crippen LogP contribution in [0.1, 0.15) is 50.5 Å². The van der Waals surface area contributed by atoms with Crippen molar-refractivity contribution in [3.05, 3.63) is 35.9 Å². The molecule has 1 aliphatic heterocycles. The lowest BCUT2D eigenvalue weighted by Gasteiger charge is -2.38. The van der Waals surface area contributed by atoms with Gasteiger partial charge in [-0.2, -0.15) is 0 Å². The molecule has 0 radical (unpaired) electrons. The zero-order chi connectivity index (χ0) is 16.9. The SMILES string of the molecule is CCC(CC(=O)N1CCN(C(=O)C2CCC2)CC1)c1ccccc1. The zero-order valence-electron chi connectivity index (χ0n) is 14.6. The van der Waals surface area contributed by atoms with E-state index in [2.05, 4.69) is 19.1 Å². The Morgan fingerprint density at radius 3 is 2.21 bits per heavy atom. The summed E-state index contributed by atoms with van der Waals surface area (Å²) < 4.78 is 0. The Kier molecular flexibility index (Phi) is 5.54. The number of hydrogen-bond acceptors (Lipinski definition) is 2. The molecule has 3 rings (SSSR count). The Bertz CT molecular complexity index is 560. The molecule has 4 nitrogen and oxygen atoms in total. The molecule has 130 valence electrons. The van der Waals surface area contributed by atoms with Gasteiger partial charge in [0, 0.05) is 38.5 Å². The fraction of sp³-hybridized carbons (Fsp3) is 0.600. The summed E-state index contributed by atoms with van der Waals surface area (Å²) in [5.74, 6) is 1.08. The van der Waals surface area contributed by atoms with Crippen LogP contribution >= 0.6 is 0 Å². The van der Waals surface area contributed by atoms with Gasteiger partial charge >= 0.3 is 0 Å². The first-order chi connectivity index (χ1) is 11.7. The molecule has 0 spiro atoms. The van der Waals surface area contributed by atoms with Gasteiger partial charge in [-0.1, -0.05) is 43.7 Å². The van der Waals surface area contributed by atoms with Crippen molar-refractivity contribution in [2.24, 2.45) is 5.92 Å². The van der Waals surface area contributed by atoms with Crippen molar-refractivity contribution in [3.8, 4) is 0 Å². The van der Waals surface area contributed by atoms with E-state index in [1.165, 1.54) is 12.0 Å². The van der Waals surface area contributed by atoms with E-state index in [1.807, 2.05) is 28.0 Å². The van der Waals surface area contributed by atoms with Crippen molar-refractivity contribution >= 4 is 11.8 Å². The van der Waals surface area contributed by atoms with E-state index in [1.54, 1.807) is 0 Å². The van der Waals surface area contributed by atoms with Gasteiger partial charge in [0.2, 0.25) is 11.8 Å². The van der Waals surface area contributed by atoms with Crippen molar-refractivity contribution in [1.29, 1.82) is 0 Å². The minimum absolute atomic E-state index is 0.224. The molecule has 4 heteroatoms. The maximum absolute atomic E-state index is 12.6. The lowest BCUT2D eigenvalue weighted by molar-refractivity contribution is -0.144. The maximum atomic E-state index is 12.6. The minimum Gasteiger partial charge on any atom is -0.339 e. The number of amides is 2. The predicted octanol–water partition coefficient (Wildman–Crippen LogP) is 3.04. The largest absolute Gasteiger partial charge is 0.339 e. The Hall–Kier alpha value is -1.84. The first-order valence-electron chi connectivity index (χ1n) is 9.30. The second kappa shape index (κ2) is 7.82. The molecular formula is C20H28N2O2. The van der Waals surface area contributed by atoms with Gasteiger partial charge in [-0.3, -0.25) is 9.59 Å². The van der Waals surface area contributed by atoms with Gasteiger partial charge in [0.25, 0.3) is 0 Å². The fourth-order valence-electron chi connectivity index (χ4n) is 3.65. The predicted molar refractivity (Wildman–Crippen MR) is 94.6 cm³/mol. The number of benzene rings is 1. The Labute approximate surface area is 144 Å². The van der Waals surface area contributed by atoms with Crippen molar-refractivity contribution in [3.63, 3.8) is 0 Å². The number of carbonyl (C=O) groups is 2. The fourth-order valence-corrected chi connectivity index (χ4v) is 3.65. The first-order valence-corrected chi connectivity index (χ1v) is 9.30. The molecule has 2 fully saturated rings. The second-order valence-electron chi connectivity index (χ2n) is 7.05. The van der Waals surface area contributed by atoms with Gasteiger partial charge in [-0.15, -0.1) is 0 Å². The van der Waals surface area contributed by atoms with Crippen LogP contribution in [0, 0.1) is 5.92 Å². The summed E-state index contributed by atoms with van der Waals surface area (Å²) in [7, 11) is 0. The number of hydrogen-bond donors (Lipinski definition) is 0. The molecule has 1 heterocycles. The second-order valence-corrected chi connectivity index (χ2v) is 7.05. The van der Waals surface area contributed by atoms with E-state index in [-0.39, 0.29) is 17.7 Å². The summed E-state index contributed by atoms with van der Waals surface area (Å²) >= 11 is 0. The topological polar surface area (TPSA) is 40.6 Å². The van der Waals surface area contributed by atoms with Crippen molar-refractivity contribution in [1.82, 2.24) is 9.80 Å². The lowest BCUT2D eigenvalue weighted by atomic mass is 9.84. The van der Waals surface area contributed by atoms with E-state index in [0.717, 1.165) is 19.3 Å². The first kappa shape index (κ1) is 17.0. The third kappa shape index (κ3) is 3.80. The monoisotopic (exact) mass is 328 g/mol. The summed E-state index contributed by atoms with van der Waals surface area (Å²) in [6.07, 6.45) is 4.82. The van der Waals surface area contributed by atoms with E-state index < -0.39 is 0 Å². The van der Waals surface area contributed by atoms with Gasteiger partial charge in [-0.25, -0.2) is 0 Å². The molecule has 2 aliphatic rings. The van der Waals surface area contributed by atoms with Gasteiger partial charge < -0.3 is 9.80 Å². The van der Waals surface area contributed by atoms with Crippen LogP contribution in [0.2, 0.25) is 0 Å². The van der Waals surface area contributed by atoms with E-state index in [9.17, 15) is 9.59 Å². The van der Waals surface area contributed by atoms with Crippen LogP contribution in [0.15, 0.2) is 30.3 Å². The third-order valence-electron chi connectivity index (χ3n) is 5.58. The average Bonchev–Trinajstić information content (AvgIpc) is 2.59. The number of carbonyl (C=O) groups excluding carboxylic acids is 2. The summed E-state index contributed by atoms with van der Waals surface area (Å²) in [5, 5.41) is 0. The standard InChI is InChI=1S/C20H28N2O2/c1-2-16(17-7-4-3-5-8-17)15-19(23)21-11-13-22(14-12-21)20(24)18-9-6-10-18/h3-5,7-8,16,18H,2,6,9-15H2,1H3. The Morgan fingerprint density at radius 1 is 1.04 bits per heavy atom. The molecule has 0 N–H and O–H groups in total. The highest BCUT2D eigenvalue weighted by Gasteiger charge is 2.32. The highest BCUT2D eigenvalue weighted by molar-refractivity contribution is 5.81. The van der Waals surface area contributed by atoms with Gasteiger partial charge in [0.15, 0.2) is 0 Å². The van der Waals surface area contributed by atoms with Crippen LogP contribution in [-0.4, -0.2) is 47.8 Å². The summed E-state index contributed by atoms with van der Waals surface area (Å²) in [4.78, 5) is 28.8. The van der Waals surface area contributed by atoms with E-state index in [0.29, 0.717) is 38.5 Å². The van der Waals surface area contributed by atoms with Crippen LogP contribution in [0.25, 0.3) is 0 Å². The Morgan fingerprint density at radius 2 is 1.67 bits per heavy atom. The van der Waals surface area contributed by atoms with Gasteiger partial charge in [0.05, 0.1) is 0 Å². The molecule has 0 aromatic heterocycles. The van der Waals surface area contributed by atoms with Gasteiger partial charge in [0.1, 0.15) is 0 Å². The third-order valence-corrected chi connectivity index (χ3v) is 5.58. The minimum atomic E-state index is 0.224. The molecule has 1 aliphatic carbocycles. The highest BCUT2D eigenvalue weighted by Crippen LogP contribution is 2.29. The van der Waals surface area contributed by atoms with Crippen LogP contribution < -0.4 is 0 Å². The quantitative estimate of drug-likeness (QED) is 0.833. The van der Waals surface area contributed by atoms with Crippen molar-refractivity contribution < 1.29 is 9.59 Å². The van der Waals surface area contributed by atoms with Crippen LogP contribution in [0.4, 0.5) is 0 Å². The van der Waals surface area contributed by atoms with Crippen molar-refractivity contribution in [2.45, 2.75) is 44.9 Å². The molecule has 24 heavy (non-hydrogen) atoms. The molecule has 1 saturated carbocycles. The van der Waals surface area contributed by atoms with Crippen LogP contribution in [-0.2, 0) is 9.59 Å². The number of piperazine rings is 1. The molecule has 1 aromatic rings. The van der Waals surface area contributed by atoms with E-state index in [4.69, 9.17) is 0 Å². The highest BCUT2D eigenvalue weighted by atomic mass is 16.2. The summed E-state index contributed by atoms with van der Waals surface area (Å²) in [5.41, 5.74) is 1.24. The summed E-state index contributed by atoms with van der Waals surface area (Å²) in [6, 6.07) is 10.3. The molecule has 1 atom stereocenters. The van der Waals surface area contributed by atoms with Gasteiger partial charge in [-0.05, 0) is 30.7 Å². The Balaban J connectivity index is 1.50. The molecule has 1 unspecified atom stereocenters. The molecule has 0 bridgehead atoms. The maximum Gasteiger partial charge on any atom is 0.225 e. The average molecular weight is 328 g/mol. The smallest absolute Gasteiger partial charge is 0.225 e. The molecule has 1 aromatic carbocycles. The molecule has 1 saturated heterocycles. The molecular weight excluding hydrogens is 300 g/mol. The van der Waals surface area contributed by atoms with E-state index >= 15 is 0 Å². The summed E-state index contributed by atoms with van der Waals surface area (Å²) in [6.45, 7) is 4.90. The number of rotatable bonds is 5. The normalized spacial score (nSPS) is 19.7. The zero-order valence-corrected chi connectivity index (χ0v) is 14.6. The van der Waals surface area contributed by atoms with Crippen LogP contribution in [0.3, 0.4) is 0 Å². The lowest BCUT2D eigenvalue weighted by Crippen LogP contribution is -2.52.